The number of carbonyl (C=O) groups excluding carboxylic acids is 2. The Bertz CT molecular complexity index is 890. The van der Waals surface area contributed by atoms with Crippen LogP contribution < -0.4 is 14.8 Å². The average Bonchev–Trinajstić information content (AvgIpc) is 3.18. The zero-order chi connectivity index (χ0) is 19.4. The summed E-state index contributed by atoms with van der Waals surface area (Å²) in [7, 11) is 3.12. The number of oxime groups is 1. The normalized spacial score (nSPS) is 15.5. The Morgan fingerprint density at radius 1 is 1.07 bits per heavy atom. The van der Waals surface area contributed by atoms with Gasteiger partial charge in [-0.05, 0) is 49.4 Å². The van der Waals surface area contributed by atoms with Gasteiger partial charge in [-0.3, -0.25) is 9.59 Å². The standard InChI is InChI=1S/C20H20N2O5/c1-12(23)13-4-7-15(8-5-13)21-20(24)19-11-16(22-27-19)14-6-9-17(25-2)18(10-14)26-3/h4-10,19H,11H2,1-3H3,(H,21,24). The van der Waals surface area contributed by atoms with Gasteiger partial charge in [0.2, 0.25) is 6.10 Å². The number of rotatable bonds is 6. The molecule has 1 aliphatic heterocycles. The Labute approximate surface area is 156 Å². The fourth-order valence-corrected chi connectivity index (χ4v) is 2.72. The van der Waals surface area contributed by atoms with Crippen molar-refractivity contribution in [2.75, 3.05) is 19.5 Å². The maximum atomic E-state index is 12.4. The number of hydrogen-bond acceptors (Lipinski definition) is 6. The van der Waals surface area contributed by atoms with E-state index in [1.807, 2.05) is 6.07 Å². The Morgan fingerprint density at radius 3 is 2.41 bits per heavy atom. The molecular weight excluding hydrogens is 348 g/mol. The SMILES string of the molecule is COc1ccc(C2=NOC(C(=O)Nc3ccc(C(C)=O)cc3)C2)cc1OC. The van der Waals surface area contributed by atoms with E-state index in [9.17, 15) is 9.59 Å². The van der Waals surface area contributed by atoms with Crippen LogP contribution in [0, 0.1) is 0 Å². The molecule has 2 aromatic rings. The van der Waals surface area contributed by atoms with Gasteiger partial charge in [0.25, 0.3) is 5.91 Å². The molecule has 0 saturated carbocycles. The summed E-state index contributed by atoms with van der Waals surface area (Å²) in [5.74, 6) is 0.866. The molecule has 0 aliphatic carbocycles. The molecule has 0 spiro atoms. The van der Waals surface area contributed by atoms with Crippen LogP contribution in [0.15, 0.2) is 47.6 Å². The minimum absolute atomic E-state index is 0.0278. The summed E-state index contributed by atoms with van der Waals surface area (Å²) in [6.07, 6.45) is -0.382. The highest BCUT2D eigenvalue weighted by Gasteiger charge is 2.29. The van der Waals surface area contributed by atoms with E-state index in [2.05, 4.69) is 10.5 Å². The molecule has 7 heteroatoms. The van der Waals surface area contributed by atoms with Crippen molar-refractivity contribution in [2.45, 2.75) is 19.4 Å². The molecule has 7 nitrogen and oxygen atoms in total. The molecule has 0 radical (unpaired) electrons. The highest BCUT2D eigenvalue weighted by atomic mass is 16.6. The number of methoxy groups -OCH3 is 2. The van der Waals surface area contributed by atoms with Gasteiger partial charge in [0.05, 0.1) is 19.9 Å². The first kappa shape index (κ1) is 18.4. The van der Waals surface area contributed by atoms with Crippen molar-refractivity contribution >= 4 is 23.1 Å². The minimum Gasteiger partial charge on any atom is -0.493 e. The number of anilines is 1. The topological polar surface area (TPSA) is 86.2 Å². The molecule has 27 heavy (non-hydrogen) atoms. The number of ketones is 1. The first-order valence-electron chi connectivity index (χ1n) is 8.38. The molecule has 0 aromatic heterocycles. The molecule has 0 saturated heterocycles. The van der Waals surface area contributed by atoms with Crippen molar-refractivity contribution in [3.05, 3.63) is 53.6 Å². The number of Topliss-reactive ketones (excluding diaryl/α,β-unsaturated/α-hetero) is 1. The number of benzene rings is 2. The van der Waals surface area contributed by atoms with Gasteiger partial charge in [-0.2, -0.15) is 0 Å². The number of amides is 1. The summed E-state index contributed by atoms with van der Waals surface area (Å²) < 4.78 is 10.5. The molecular formula is C20H20N2O5. The van der Waals surface area contributed by atoms with Gasteiger partial charge in [-0.25, -0.2) is 0 Å². The van der Waals surface area contributed by atoms with E-state index in [1.54, 1.807) is 50.6 Å². The lowest BCUT2D eigenvalue weighted by molar-refractivity contribution is -0.125. The van der Waals surface area contributed by atoms with E-state index in [1.165, 1.54) is 6.92 Å². The van der Waals surface area contributed by atoms with Crippen LogP contribution in [0.3, 0.4) is 0 Å². The van der Waals surface area contributed by atoms with Crippen LogP contribution in [-0.2, 0) is 9.63 Å². The highest BCUT2D eigenvalue weighted by molar-refractivity contribution is 6.06. The number of carbonyl (C=O) groups is 2. The lowest BCUT2D eigenvalue weighted by Gasteiger charge is -2.10. The number of nitrogens with zero attached hydrogens (tertiary/aromatic N) is 1. The molecule has 1 heterocycles. The molecule has 1 atom stereocenters. The van der Waals surface area contributed by atoms with Crippen LogP contribution >= 0.6 is 0 Å². The van der Waals surface area contributed by atoms with Gasteiger partial charge in [-0.15, -0.1) is 0 Å². The van der Waals surface area contributed by atoms with Crippen molar-refractivity contribution in [2.24, 2.45) is 5.16 Å². The third-order valence-corrected chi connectivity index (χ3v) is 4.24. The lowest BCUT2D eigenvalue weighted by atomic mass is 10.0. The summed E-state index contributed by atoms with van der Waals surface area (Å²) in [4.78, 5) is 29.0. The minimum atomic E-state index is -0.722. The summed E-state index contributed by atoms with van der Waals surface area (Å²) in [6, 6.07) is 12.1. The summed E-state index contributed by atoms with van der Waals surface area (Å²) >= 11 is 0. The van der Waals surface area contributed by atoms with Crippen molar-refractivity contribution in [1.82, 2.24) is 0 Å². The Balaban J connectivity index is 1.64. The van der Waals surface area contributed by atoms with Crippen molar-refractivity contribution in [1.29, 1.82) is 0 Å². The average molecular weight is 368 g/mol. The number of nitrogens with one attached hydrogen (secondary N) is 1. The largest absolute Gasteiger partial charge is 0.493 e. The van der Waals surface area contributed by atoms with E-state index in [0.29, 0.717) is 34.9 Å². The van der Waals surface area contributed by atoms with Gasteiger partial charge in [0.15, 0.2) is 17.3 Å². The van der Waals surface area contributed by atoms with Crippen LogP contribution in [-0.4, -0.2) is 37.7 Å². The summed E-state index contributed by atoms with van der Waals surface area (Å²) in [5, 5.41) is 6.80. The molecule has 0 fully saturated rings. The maximum Gasteiger partial charge on any atom is 0.268 e. The van der Waals surface area contributed by atoms with Crippen LogP contribution in [0.25, 0.3) is 0 Å². The molecule has 3 rings (SSSR count). The van der Waals surface area contributed by atoms with Crippen LogP contribution in [0.5, 0.6) is 11.5 Å². The molecule has 1 aliphatic rings. The monoisotopic (exact) mass is 368 g/mol. The van der Waals surface area contributed by atoms with Crippen molar-refractivity contribution in [3.8, 4) is 11.5 Å². The van der Waals surface area contributed by atoms with E-state index >= 15 is 0 Å². The second kappa shape index (κ2) is 7.90. The molecule has 1 N–H and O–H groups in total. The number of ether oxygens (including phenoxy) is 2. The van der Waals surface area contributed by atoms with E-state index in [-0.39, 0.29) is 11.7 Å². The fraction of sp³-hybridized carbons (Fsp3) is 0.250. The van der Waals surface area contributed by atoms with Gasteiger partial charge in [0.1, 0.15) is 0 Å². The predicted molar refractivity (Wildman–Crippen MR) is 101 cm³/mol. The fourth-order valence-electron chi connectivity index (χ4n) is 2.72. The summed E-state index contributed by atoms with van der Waals surface area (Å²) in [6.45, 7) is 1.49. The molecule has 0 bridgehead atoms. The second-order valence-electron chi connectivity index (χ2n) is 6.03. The lowest BCUT2D eigenvalue weighted by Crippen LogP contribution is -2.28. The molecule has 2 aromatic carbocycles. The smallest absolute Gasteiger partial charge is 0.268 e. The Morgan fingerprint density at radius 2 is 1.78 bits per heavy atom. The van der Waals surface area contributed by atoms with Crippen LogP contribution in [0.1, 0.15) is 29.3 Å². The van der Waals surface area contributed by atoms with Crippen LogP contribution in [0.4, 0.5) is 5.69 Å². The molecule has 140 valence electrons. The van der Waals surface area contributed by atoms with Crippen LogP contribution in [0.2, 0.25) is 0 Å². The van der Waals surface area contributed by atoms with E-state index < -0.39 is 6.10 Å². The maximum absolute atomic E-state index is 12.4. The zero-order valence-electron chi connectivity index (χ0n) is 15.3. The zero-order valence-corrected chi connectivity index (χ0v) is 15.3. The van der Waals surface area contributed by atoms with Gasteiger partial charge < -0.3 is 19.6 Å². The first-order chi connectivity index (χ1) is 13.0. The second-order valence-corrected chi connectivity index (χ2v) is 6.03. The number of hydrogen-bond donors (Lipinski definition) is 1. The van der Waals surface area contributed by atoms with Gasteiger partial charge in [-0.1, -0.05) is 5.16 Å². The molecule has 1 amide bonds. The van der Waals surface area contributed by atoms with Gasteiger partial charge in [0, 0.05) is 23.2 Å². The Hall–Kier alpha value is -3.35. The predicted octanol–water partition coefficient (Wildman–Crippen LogP) is 3.04. The van der Waals surface area contributed by atoms with Crippen molar-refractivity contribution in [3.63, 3.8) is 0 Å². The van der Waals surface area contributed by atoms with Crippen molar-refractivity contribution < 1.29 is 23.9 Å². The summed E-state index contributed by atoms with van der Waals surface area (Å²) in [5.41, 5.74) is 2.63. The third-order valence-electron chi connectivity index (χ3n) is 4.24. The Kier molecular flexibility index (Phi) is 5.40. The van der Waals surface area contributed by atoms with Gasteiger partial charge >= 0.3 is 0 Å². The highest BCUT2D eigenvalue weighted by Crippen LogP contribution is 2.29. The molecule has 1 unspecified atom stereocenters. The third kappa shape index (κ3) is 4.08. The van der Waals surface area contributed by atoms with E-state index in [4.69, 9.17) is 14.3 Å². The first-order valence-corrected chi connectivity index (χ1v) is 8.38. The van der Waals surface area contributed by atoms with E-state index in [0.717, 1.165) is 5.56 Å². The quantitative estimate of drug-likeness (QED) is 0.792.